The monoisotopic (exact) mass is 294 g/mol. The molecule has 0 unspecified atom stereocenters. The van der Waals surface area contributed by atoms with Crippen LogP contribution in [0.25, 0.3) is 0 Å². The molecular weight excluding hydrogens is 264 g/mol. The lowest BCUT2D eigenvalue weighted by atomic mass is 9.87. The van der Waals surface area contributed by atoms with E-state index >= 15 is 0 Å². The largest absolute Gasteiger partial charge is 0.357 e. The van der Waals surface area contributed by atoms with Gasteiger partial charge in [-0.1, -0.05) is 13.8 Å². The van der Waals surface area contributed by atoms with Gasteiger partial charge in [0.25, 0.3) is 5.91 Å². The van der Waals surface area contributed by atoms with Crippen LogP contribution in [0.5, 0.6) is 0 Å². The number of amides is 1. The maximum absolute atomic E-state index is 12.4. The molecule has 2 aliphatic heterocycles. The van der Waals surface area contributed by atoms with E-state index in [9.17, 15) is 4.79 Å². The molecule has 3 fully saturated rings. The Morgan fingerprint density at radius 3 is 2.38 bits per heavy atom. The third-order valence-electron chi connectivity index (χ3n) is 5.44. The number of piperidine rings is 1. The zero-order chi connectivity index (χ0) is 15.1. The number of ether oxygens (including phenoxy) is 1. The quantitative estimate of drug-likeness (QED) is 0.797. The normalized spacial score (nSPS) is 27.8. The van der Waals surface area contributed by atoms with Crippen molar-refractivity contribution < 1.29 is 9.53 Å². The molecule has 3 aliphatic rings. The van der Waals surface area contributed by atoms with Gasteiger partial charge in [-0.2, -0.15) is 0 Å². The molecule has 1 saturated carbocycles. The zero-order valence-corrected chi connectivity index (χ0v) is 13.9. The fourth-order valence-electron chi connectivity index (χ4n) is 3.77. The van der Waals surface area contributed by atoms with Crippen LogP contribution in [0.4, 0.5) is 0 Å². The number of likely N-dealkylation sites (tertiary alicyclic amines) is 1. The fraction of sp³-hybridized carbons (Fsp3) is 0.941. The highest BCUT2D eigenvalue weighted by Crippen LogP contribution is 2.49. The van der Waals surface area contributed by atoms with Gasteiger partial charge in [-0.3, -0.25) is 4.79 Å². The third-order valence-corrected chi connectivity index (χ3v) is 5.44. The predicted octanol–water partition coefficient (Wildman–Crippen LogP) is 2.28. The van der Waals surface area contributed by atoms with Crippen molar-refractivity contribution in [3.8, 4) is 0 Å². The molecule has 2 heterocycles. The van der Waals surface area contributed by atoms with Crippen molar-refractivity contribution in [1.82, 2.24) is 9.80 Å². The molecule has 0 bridgehead atoms. The van der Waals surface area contributed by atoms with E-state index in [1.807, 2.05) is 4.90 Å². The van der Waals surface area contributed by atoms with E-state index in [1.54, 1.807) is 0 Å². The summed E-state index contributed by atoms with van der Waals surface area (Å²) in [6.45, 7) is 11.7. The summed E-state index contributed by atoms with van der Waals surface area (Å²) in [5.74, 6) is 1.02. The van der Waals surface area contributed by atoms with Gasteiger partial charge in [0.2, 0.25) is 0 Å². The van der Waals surface area contributed by atoms with Crippen LogP contribution in [0.2, 0.25) is 0 Å². The van der Waals surface area contributed by atoms with Crippen LogP contribution >= 0.6 is 0 Å². The number of carbonyl (C=O) groups is 1. The summed E-state index contributed by atoms with van der Waals surface area (Å²) in [6.07, 6.45) is 5.30. The molecule has 120 valence electrons. The van der Waals surface area contributed by atoms with Gasteiger partial charge in [-0.25, -0.2) is 0 Å². The maximum atomic E-state index is 12.4. The average Bonchev–Trinajstić information content (AvgIpc) is 3.23. The molecule has 0 aromatic carbocycles. The third kappa shape index (κ3) is 2.98. The Balaban J connectivity index is 1.60. The number of morpholine rings is 1. The first-order chi connectivity index (χ1) is 9.99. The smallest absolute Gasteiger partial charge is 0.254 e. The lowest BCUT2D eigenvalue weighted by Crippen LogP contribution is -2.62. The maximum Gasteiger partial charge on any atom is 0.254 e. The van der Waals surface area contributed by atoms with Gasteiger partial charge in [0.1, 0.15) is 5.60 Å². The Morgan fingerprint density at radius 2 is 1.86 bits per heavy atom. The van der Waals surface area contributed by atoms with Gasteiger partial charge < -0.3 is 14.5 Å². The van der Waals surface area contributed by atoms with Gasteiger partial charge in [-0.15, -0.1) is 0 Å². The van der Waals surface area contributed by atoms with Gasteiger partial charge in [0.15, 0.2) is 0 Å². The van der Waals surface area contributed by atoms with Gasteiger partial charge in [0.05, 0.1) is 5.60 Å². The van der Waals surface area contributed by atoms with E-state index in [1.165, 1.54) is 13.0 Å². The number of likely N-dealkylation sites (N-methyl/N-ethyl adjacent to an activating group) is 1. The summed E-state index contributed by atoms with van der Waals surface area (Å²) >= 11 is 0. The molecule has 2 spiro atoms. The topological polar surface area (TPSA) is 32.8 Å². The van der Waals surface area contributed by atoms with Crippen molar-refractivity contribution >= 4 is 5.91 Å². The molecule has 3 rings (SSSR count). The van der Waals surface area contributed by atoms with Crippen LogP contribution in [0, 0.1) is 5.92 Å². The van der Waals surface area contributed by atoms with Gasteiger partial charge in [-0.05, 0) is 51.5 Å². The lowest BCUT2D eigenvalue weighted by molar-refractivity contribution is -0.200. The van der Waals surface area contributed by atoms with Crippen molar-refractivity contribution in [1.29, 1.82) is 0 Å². The molecule has 1 aliphatic carbocycles. The standard InChI is InChI=1S/C17H30N2O2/c1-4-19-13-16(21-17(6-7-17)15(19)20)8-11-18(12-9-16)10-5-14(2)3/h14H,4-13H2,1-3H3. The zero-order valence-electron chi connectivity index (χ0n) is 13.9. The van der Waals surface area contributed by atoms with Crippen molar-refractivity contribution in [3.05, 3.63) is 0 Å². The van der Waals surface area contributed by atoms with Crippen molar-refractivity contribution in [2.75, 3.05) is 32.7 Å². The van der Waals surface area contributed by atoms with Gasteiger partial charge in [0, 0.05) is 26.2 Å². The second-order valence-electron chi connectivity index (χ2n) is 7.62. The number of hydrogen-bond acceptors (Lipinski definition) is 3. The fourth-order valence-corrected chi connectivity index (χ4v) is 3.77. The van der Waals surface area contributed by atoms with E-state index in [0.717, 1.165) is 57.8 Å². The molecule has 0 aromatic heterocycles. The van der Waals surface area contributed by atoms with Crippen LogP contribution < -0.4 is 0 Å². The summed E-state index contributed by atoms with van der Waals surface area (Å²) in [6, 6.07) is 0. The summed E-state index contributed by atoms with van der Waals surface area (Å²) in [5, 5.41) is 0. The van der Waals surface area contributed by atoms with Crippen molar-refractivity contribution in [2.45, 2.75) is 64.1 Å². The van der Waals surface area contributed by atoms with E-state index < -0.39 is 5.60 Å². The first-order valence-corrected chi connectivity index (χ1v) is 8.70. The Labute approximate surface area is 128 Å². The molecule has 4 nitrogen and oxygen atoms in total. The molecule has 1 amide bonds. The van der Waals surface area contributed by atoms with E-state index in [-0.39, 0.29) is 11.5 Å². The Hall–Kier alpha value is -0.610. The van der Waals surface area contributed by atoms with Crippen molar-refractivity contribution in [2.24, 2.45) is 5.92 Å². The molecule has 4 heteroatoms. The summed E-state index contributed by atoms with van der Waals surface area (Å²) in [4.78, 5) is 17.0. The van der Waals surface area contributed by atoms with Crippen molar-refractivity contribution in [3.63, 3.8) is 0 Å². The summed E-state index contributed by atoms with van der Waals surface area (Å²) < 4.78 is 6.41. The first-order valence-electron chi connectivity index (χ1n) is 8.70. The first kappa shape index (κ1) is 15.3. The molecule has 0 atom stereocenters. The Morgan fingerprint density at radius 1 is 1.19 bits per heavy atom. The second-order valence-corrected chi connectivity index (χ2v) is 7.62. The SMILES string of the molecule is CCN1CC2(CCN(CCC(C)C)CC2)OC2(CC2)C1=O. The van der Waals surface area contributed by atoms with Crippen LogP contribution in [0.1, 0.15) is 52.9 Å². The Bertz CT molecular complexity index is 396. The van der Waals surface area contributed by atoms with E-state index in [2.05, 4.69) is 25.7 Å². The molecule has 0 radical (unpaired) electrons. The molecule has 2 saturated heterocycles. The van der Waals surface area contributed by atoms with E-state index in [4.69, 9.17) is 4.74 Å². The number of nitrogens with zero attached hydrogens (tertiary/aromatic N) is 2. The molecule has 0 N–H and O–H groups in total. The highest BCUT2D eigenvalue weighted by molar-refractivity contribution is 5.89. The number of hydrogen-bond donors (Lipinski definition) is 0. The molecular formula is C17H30N2O2. The van der Waals surface area contributed by atoms with Crippen LogP contribution in [-0.4, -0.2) is 59.6 Å². The summed E-state index contributed by atoms with van der Waals surface area (Å²) in [5.41, 5.74) is -0.483. The molecule has 21 heavy (non-hydrogen) atoms. The summed E-state index contributed by atoms with van der Waals surface area (Å²) in [7, 11) is 0. The van der Waals surface area contributed by atoms with Crippen LogP contribution in [0.15, 0.2) is 0 Å². The highest BCUT2D eigenvalue weighted by Gasteiger charge is 2.61. The minimum Gasteiger partial charge on any atom is -0.357 e. The lowest BCUT2D eigenvalue weighted by Gasteiger charge is -2.50. The average molecular weight is 294 g/mol. The number of carbonyl (C=O) groups excluding carboxylic acids is 1. The van der Waals surface area contributed by atoms with Crippen LogP contribution in [-0.2, 0) is 9.53 Å². The molecule has 0 aromatic rings. The number of rotatable bonds is 4. The predicted molar refractivity (Wildman–Crippen MR) is 83.2 cm³/mol. The van der Waals surface area contributed by atoms with E-state index in [0.29, 0.717) is 0 Å². The second kappa shape index (κ2) is 5.54. The minimum atomic E-state index is -0.422. The van der Waals surface area contributed by atoms with Gasteiger partial charge >= 0.3 is 0 Å². The minimum absolute atomic E-state index is 0.0608. The highest BCUT2D eigenvalue weighted by atomic mass is 16.5. The van der Waals surface area contributed by atoms with Crippen LogP contribution in [0.3, 0.4) is 0 Å². The Kier molecular flexibility index (Phi) is 4.04.